The molecule has 0 bridgehead atoms. The molecular formula is C23H40N4O3S. The van der Waals surface area contributed by atoms with E-state index in [0.29, 0.717) is 18.7 Å². The van der Waals surface area contributed by atoms with Gasteiger partial charge < -0.3 is 5.32 Å². The molecule has 0 spiro atoms. The summed E-state index contributed by atoms with van der Waals surface area (Å²) in [4.78, 5) is 13.3. The largest absolute Gasteiger partial charge is 0.353 e. The second-order valence-electron chi connectivity index (χ2n) is 9.38. The van der Waals surface area contributed by atoms with Crippen molar-refractivity contribution in [2.75, 3.05) is 13.1 Å². The smallest absolute Gasteiger partial charge is 0.246 e. The van der Waals surface area contributed by atoms with Crippen LogP contribution in [0.4, 0.5) is 0 Å². The van der Waals surface area contributed by atoms with E-state index in [-0.39, 0.29) is 29.3 Å². The van der Waals surface area contributed by atoms with Gasteiger partial charge in [0.2, 0.25) is 15.9 Å². The first-order valence-electron chi connectivity index (χ1n) is 12.2. The van der Waals surface area contributed by atoms with Gasteiger partial charge in [-0.3, -0.25) is 9.48 Å². The molecular weight excluding hydrogens is 412 g/mol. The Labute approximate surface area is 188 Å². The number of nitrogens with zero attached hydrogens (tertiary/aromatic N) is 3. The third-order valence-corrected chi connectivity index (χ3v) is 8.98. The molecule has 1 aliphatic heterocycles. The van der Waals surface area contributed by atoms with Crippen molar-refractivity contribution in [3.05, 3.63) is 11.9 Å². The average Bonchev–Trinajstić information content (AvgIpc) is 3.09. The number of nitrogens with one attached hydrogen (secondary N) is 1. The van der Waals surface area contributed by atoms with E-state index in [1.807, 2.05) is 0 Å². The summed E-state index contributed by atoms with van der Waals surface area (Å²) in [5, 5.41) is 7.37. The number of piperidine rings is 1. The molecule has 1 saturated carbocycles. The van der Waals surface area contributed by atoms with E-state index >= 15 is 0 Å². The van der Waals surface area contributed by atoms with Gasteiger partial charge in [0, 0.05) is 26.2 Å². The highest BCUT2D eigenvalue weighted by molar-refractivity contribution is 7.89. The van der Waals surface area contributed by atoms with Crippen LogP contribution in [0.5, 0.6) is 0 Å². The average molecular weight is 453 g/mol. The predicted molar refractivity (Wildman–Crippen MR) is 122 cm³/mol. The molecule has 8 heteroatoms. The van der Waals surface area contributed by atoms with E-state index in [9.17, 15) is 13.2 Å². The molecule has 2 aliphatic rings. The van der Waals surface area contributed by atoms with E-state index in [2.05, 4.69) is 10.4 Å². The quantitative estimate of drug-likeness (QED) is 0.750. The van der Waals surface area contributed by atoms with E-state index in [1.54, 1.807) is 18.7 Å². The minimum absolute atomic E-state index is 0.0277. The van der Waals surface area contributed by atoms with Gasteiger partial charge in [-0.1, -0.05) is 57.8 Å². The monoisotopic (exact) mass is 452 g/mol. The molecule has 1 saturated heterocycles. The molecule has 31 heavy (non-hydrogen) atoms. The number of aryl methyl sites for hydroxylation is 1. The normalized spacial score (nSPS) is 23.6. The minimum Gasteiger partial charge on any atom is -0.353 e. The lowest BCUT2D eigenvalue weighted by atomic mass is 9.95. The number of carbonyl (C=O) groups excluding carboxylic acids is 1. The first kappa shape index (κ1) is 24.2. The fraction of sp³-hybridized carbons (Fsp3) is 0.826. The molecule has 1 N–H and O–H groups in total. The highest BCUT2D eigenvalue weighted by atomic mass is 32.2. The van der Waals surface area contributed by atoms with Gasteiger partial charge in [-0.05, 0) is 32.6 Å². The van der Waals surface area contributed by atoms with Crippen LogP contribution >= 0.6 is 0 Å². The summed E-state index contributed by atoms with van der Waals surface area (Å²) in [5.41, 5.74) is 0.625. The molecule has 2 fully saturated rings. The summed E-state index contributed by atoms with van der Waals surface area (Å²) in [5.74, 6) is -0.248. The van der Waals surface area contributed by atoms with Crippen LogP contribution in [0.2, 0.25) is 0 Å². The third kappa shape index (κ3) is 6.54. The molecule has 176 valence electrons. The van der Waals surface area contributed by atoms with E-state index in [1.165, 1.54) is 55.4 Å². The fourth-order valence-corrected chi connectivity index (χ4v) is 6.58. The molecule has 0 radical (unpaired) electrons. The Bertz CT molecular complexity index is 809. The Balaban J connectivity index is 1.59. The predicted octanol–water partition coefficient (Wildman–Crippen LogP) is 3.92. The number of hydrogen-bond acceptors (Lipinski definition) is 4. The lowest BCUT2D eigenvalue weighted by Crippen LogP contribution is -2.47. The summed E-state index contributed by atoms with van der Waals surface area (Å²) in [6.45, 7) is 2.48. The van der Waals surface area contributed by atoms with Crippen molar-refractivity contribution in [3.63, 3.8) is 0 Å². The first-order valence-corrected chi connectivity index (χ1v) is 13.6. The maximum Gasteiger partial charge on any atom is 0.246 e. The Morgan fingerprint density at radius 1 is 0.968 bits per heavy atom. The Hall–Kier alpha value is -1.41. The van der Waals surface area contributed by atoms with Gasteiger partial charge >= 0.3 is 0 Å². The van der Waals surface area contributed by atoms with Gasteiger partial charge in [0.1, 0.15) is 4.90 Å². The molecule has 7 nitrogen and oxygen atoms in total. The molecule has 0 unspecified atom stereocenters. The summed E-state index contributed by atoms with van der Waals surface area (Å²) in [6.07, 6.45) is 16.4. The lowest BCUT2D eigenvalue weighted by Gasteiger charge is -2.32. The second-order valence-corrected chi connectivity index (χ2v) is 11.3. The molecule has 1 atom stereocenters. The van der Waals surface area contributed by atoms with E-state index in [4.69, 9.17) is 0 Å². The van der Waals surface area contributed by atoms with Gasteiger partial charge in [-0.25, -0.2) is 8.42 Å². The van der Waals surface area contributed by atoms with Crippen LogP contribution < -0.4 is 5.32 Å². The van der Waals surface area contributed by atoms with Crippen LogP contribution in [-0.4, -0.2) is 47.5 Å². The number of aromatic nitrogens is 2. The van der Waals surface area contributed by atoms with Crippen LogP contribution in [0.3, 0.4) is 0 Å². The number of hydrogen-bond donors (Lipinski definition) is 1. The van der Waals surface area contributed by atoms with E-state index < -0.39 is 10.0 Å². The zero-order valence-corrected chi connectivity index (χ0v) is 20.1. The zero-order chi connectivity index (χ0) is 22.3. The van der Waals surface area contributed by atoms with Crippen molar-refractivity contribution < 1.29 is 13.2 Å². The number of amides is 1. The van der Waals surface area contributed by atoms with Crippen molar-refractivity contribution in [1.82, 2.24) is 19.4 Å². The van der Waals surface area contributed by atoms with Crippen LogP contribution in [0.15, 0.2) is 11.1 Å². The molecule has 1 amide bonds. The van der Waals surface area contributed by atoms with Gasteiger partial charge in [-0.15, -0.1) is 0 Å². The van der Waals surface area contributed by atoms with Crippen molar-refractivity contribution in [2.24, 2.45) is 13.0 Å². The zero-order valence-electron chi connectivity index (χ0n) is 19.3. The Kier molecular flexibility index (Phi) is 8.95. The Morgan fingerprint density at radius 2 is 1.55 bits per heavy atom. The molecule has 3 rings (SSSR count). The lowest BCUT2D eigenvalue weighted by molar-refractivity contribution is -0.126. The maximum atomic E-state index is 13.1. The standard InChI is InChI=1S/C23H40N4O3S/c1-19-22(17-24-26(19)2)31(29,30)27-16-12-13-20(18-27)23(28)25-21-14-10-8-6-4-3-5-7-9-11-15-21/h17,20-21H,3-16,18H2,1-2H3,(H,25,28)/t20-/m0/s1. The summed E-state index contributed by atoms with van der Waals surface area (Å²) in [7, 11) is -1.89. The van der Waals surface area contributed by atoms with Gasteiger partial charge in [0.15, 0.2) is 0 Å². The highest BCUT2D eigenvalue weighted by Crippen LogP contribution is 2.26. The molecule has 1 aromatic rings. The van der Waals surface area contributed by atoms with Crippen LogP contribution in [0.25, 0.3) is 0 Å². The maximum absolute atomic E-state index is 13.1. The first-order chi connectivity index (χ1) is 14.9. The van der Waals surface area contributed by atoms with Gasteiger partial charge in [-0.2, -0.15) is 9.40 Å². The van der Waals surface area contributed by atoms with Gasteiger partial charge in [0.25, 0.3) is 0 Å². The fourth-order valence-electron chi connectivity index (χ4n) is 4.87. The molecule has 2 heterocycles. The number of sulfonamides is 1. The third-order valence-electron chi connectivity index (χ3n) is 7.01. The summed E-state index contributed by atoms with van der Waals surface area (Å²) in [6, 6.07) is 0.222. The minimum atomic E-state index is -3.63. The summed E-state index contributed by atoms with van der Waals surface area (Å²) < 4.78 is 29.3. The van der Waals surface area contributed by atoms with Crippen molar-refractivity contribution in [3.8, 4) is 0 Å². The molecule has 1 aliphatic carbocycles. The van der Waals surface area contributed by atoms with Crippen LogP contribution in [0, 0.1) is 12.8 Å². The van der Waals surface area contributed by atoms with Gasteiger partial charge in [0.05, 0.1) is 17.8 Å². The molecule has 1 aromatic heterocycles. The van der Waals surface area contributed by atoms with Crippen LogP contribution in [0.1, 0.15) is 89.2 Å². The van der Waals surface area contributed by atoms with E-state index in [0.717, 1.165) is 32.1 Å². The Morgan fingerprint density at radius 3 is 2.10 bits per heavy atom. The SMILES string of the molecule is Cc1c(S(=O)(=O)N2CCC[C@H](C(=O)NC3CCCCCCCCCCC3)C2)cnn1C. The van der Waals surface area contributed by atoms with Crippen molar-refractivity contribution in [1.29, 1.82) is 0 Å². The molecule has 0 aromatic carbocycles. The topological polar surface area (TPSA) is 84.3 Å². The number of rotatable bonds is 4. The second kappa shape index (κ2) is 11.5. The summed E-state index contributed by atoms with van der Waals surface area (Å²) >= 11 is 0. The number of carbonyl (C=O) groups is 1. The van der Waals surface area contributed by atoms with Crippen LogP contribution in [-0.2, 0) is 21.9 Å². The highest BCUT2D eigenvalue weighted by Gasteiger charge is 2.35. The van der Waals surface area contributed by atoms with Crippen molar-refractivity contribution >= 4 is 15.9 Å². The van der Waals surface area contributed by atoms with Crippen molar-refractivity contribution in [2.45, 2.75) is 101 Å².